The fourth-order valence-corrected chi connectivity index (χ4v) is 5.03. The van der Waals surface area contributed by atoms with Gasteiger partial charge >= 0.3 is 12.4 Å². The van der Waals surface area contributed by atoms with Crippen LogP contribution in [0.2, 0.25) is 0 Å². The van der Waals surface area contributed by atoms with Gasteiger partial charge in [0.15, 0.2) is 0 Å². The van der Waals surface area contributed by atoms with E-state index in [1.54, 1.807) is 30.3 Å². The molecular formula is C26H23F6N3O2. The number of anilines is 1. The number of amides is 1. The lowest BCUT2D eigenvalue weighted by atomic mass is 9.98. The molecule has 3 aromatic rings. The molecule has 0 spiro atoms. The minimum Gasteiger partial charge on any atom is -0.364 e. The molecule has 2 aliphatic rings. The van der Waals surface area contributed by atoms with Gasteiger partial charge in [-0.05, 0) is 79.7 Å². The lowest BCUT2D eigenvalue weighted by molar-refractivity contribution is -0.139. The highest BCUT2D eigenvalue weighted by molar-refractivity contribution is 6.10. The summed E-state index contributed by atoms with van der Waals surface area (Å²) < 4.78 is 85.6. The molecule has 11 heteroatoms. The van der Waals surface area contributed by atoms with E-state index in [9.17, 15) is 31.1 Å². The van der Waals surface area contributed by atoms with Gasteiger partial charge in [-0.2, -0.15) is 26.3 Å². The number of nitrogens with zero attached hydrogens (tertiary/aromatic N) is 3. The quantitative estimate of drug-likeness (QED) is 0.358. The first-order valence-corrected chi connectivity index (χ1v) is 11.9. The number of aryl methyl sites for hydroxylation is 2. The summed E-state index contributed by atoms with van der Waals surface area (Å²) in [5, 5.41) is 3.44. The van der Waals surface area contributed by atoms with Crippen LogP contribution in [0.4, 0.5) is 32.0 Å². The second-order valence-corrected chi connectivity index (χ2v) is 9.38. The van der Waals surface area contributed by atoms with Crippen LogP contribution in [-0.4, -0.2) is 29.1 Å². The van der Waals surface area contributed by atoms with E-state index in [2.05, 4.69) is 14.6 Å². The Labute approximate surface area is 208 Å². The van der Waals surface area contributed by atoms with Crippen LogP contribution in [0.25, 0.3) is 0 Å². The Balaban J connectivity index is 1.39. The van der Waals surface area contributed by atoms with E-state index in [1.807, 2.05) is 0 Å². The first kappa shape index (κ1) is 25.3. The minimum atomic E-state index is -4.61. The van der Waals surface area contributed by atoms with Crippen molar-refractivity contribution in [3.05, 3.63) is 81.7 Å². The van der Waals surface area contributed by atoms with Crippen molar-refractivity contribution in [1.29, 1.82) is 0 Å². The van der Waals surface area contributed by atoms with Gasteiger partial charge in [0.05, 0.1) is 17.8 Å². The highest BCUT2D eigenvalue weighted by Gasteiger charge is 2.41. The molecule has 1 fully saturated rings. The van der Waals surface area contributed by atoms with Crippen LogP contribution in [0.15, 0.2) is 47.2 Å². The molecule has 0 N–H and O–H groups in total. The summed E-state index contributed by atoms with van der Waals surface area (Å²) in [7, 11) is 0. The third-order valence-electron chi connectivity index (χ3n) is 6.83. The number of aromatic nitrogens is 1. The van der Waals surface area contributed by atoms with Gasteiger partial charge in [-0.25, -0.2) is 0 Å². The van der Waals surface area contributed by atoms with Crippen LogP contribution in [0.1, 0.15) is 56.7 Å². The number of hydrogen-bond acceptors (Lipinski definition) is 4. The number of benzene rings is 2. The molecule has 1 saturated heterocycles. The smallest absolute Gasteiger partial charge is 0.364 e. The summed E-state index contributed by atoms with van der Waals surface area (Å²) in [6, 6.07) is 9.20. The van der Waals surface area contributed by atoms with Gasteiger partial charge < -0.3 is 9.42 Å². The molecule has 0 aliphatic carbocycles. The fraction of sp³-hybridized carbons (Fsp3) is 0.385. The largest absolute Gasteiger partial charge is 0.421 e. The predicted octanol–water partition coefficient (Wildman–Crippen LogP) is 6.25. The number of hydrogen-bond donors (Lipinski definition) is 0. The van der Waals surface area contributed by atoms with Crippen LogP contribution >= 0.6 is 0 Å². The molecule has 2 aromatic carbocycles. The topological polar surface area (TPSA) is 49.6 Å². The Hall–Kier alpha value is -3.34. The van der Waals surface area contributed by atoms with Crippen molar-refractivity contribution < 1.29 is 35.7 Å². The first-order chi connectivity index (χ1) is 17.5. The normalized spacial score (nSPS) is 16.6. The highest BCUT2D eigenvalue weighted by Crippen LogP contribution is 2.40. The van der Waals surface area contributed by atoms with Gasteiger partial charge in [0.2, 0.25) is 0 Å². The average Bonchev–Trinajstić information content (AvgIpc) is 3.58. The molecule has 0 radical (unpaired) electrons. The number of fused-ring (bicyclic) bond motifs is 1. The van der Waals surface area contributed by atoms with Gasteiger partial charge in [0.1, 0.15) is 11.8 Å². The predicted molar refractivity (Wildman–Crippen MR) is 122 cm³/mol. The number of carbonyl (C=O) groups is 1. The summed E-state index contributed by atoms with van der Waals surface area (Å²) in [6.45, 7) is 1.73. The van der Waals surface area contributed by atoms with Gasteiger partial charge in [-0.1, -0.05) is 17.3 Å². The van der Waals surface area contributed by atoms with Crippen molar-refractivity contribution in [3.8, 4) is 0 Å². The third kappa shape index (κ3) is 5.22. The number of carbonyl (C=O) groups excluding carboxylic acids is 1. The minimum absolute atomic E-state index is 0.0341. The first-order valence-electron chi connectivity index (χ1n) is 11.9. The average molecular weight is 523 g/mol. The third-order valence-corrected chi connectivity index (χ3v) is 6.83. The van der Waals surface area contributed by atoms with Gasteiger partial charge in [0, 0.05) is 17.8 Å². The molecule has 2 aliphatic heterocycles. The van der Waals surface area contributed by atoms with E-state index in [4.69, 9.17) is 0 Å². The summed E-state index contributed by atoms with van der Waals surface area (Å²) in [6.07, 6.45) is -6.54. The van der Waals surface area contributed by atoms with Crippen molar-refractivity contribution in [2.45, 2.75) is 51.1 Å². The van der Waals surface area contributed by atoms with E-state index in [0.717, 1.165) is 32.0 Å². The monoisotopic (exact) mass is 523 g/mol. The Morgan fingerprint density at radius 2 is 1.62 bits per heavy atom. The van der Waals surface area contributed by atoms with Gasteiger partial charge in [-0.15, -0.1) is 0 Å². The number of alkyl halides is 6. The van der Waals surface area contributed by atoms with Crippen molar-refractivity contribution in [3.63, 3.8) is 0 Å². The summed E-state index contributed by atoms with van der Waals surface area (Å²) in [5.74, 6) is -0.531. The summed E-state index contributed by atoms with van der Waals surface area (Å²) >= 11 is 0. The fourth-order valence-electron chi connectivity index (χ4n) is 5.03. The number of likely N-dealkylation sites (tertiary alicyclic amines) is 1. The van der Waals surface area contributed by atoms with E-state index in [1.165, 1.54) is 4.90 Å². The van der Waals surface area contributed by atoms with E-state index in [-0.39, 0.29) is 36.2 Å². The molecule has 5 rings (SSSR count). The highest BCUT2D eigenvalue weighted by atomic mass is 19.4. The van der Waals surface area contributed by atoms with Crippen LogP contribution in [0.5, 0.6) is 0 Å². The van der Waals surface area contributed by atoms with Crippen LogP contribution < -0.4 is 4.90 Å². The molecule has 1 aromatic heterocycles. The van der Waals surface area contributed by atoms with Gasteiger partial charge in [0.25, 0.3) is 5.91 Å². The Morgan fingerprint density at radius 1 is 0.892 bits per heavy atom. The zero-order chi connectivity index (χ0) is 26.4. The summed E-state index contributed by atoms with van der Waals surface area (Å²) in [5.41, 5.74) is -0.576. The van der Waals surface area contributed by atoms with Crippen LogP contribution in [-0.2, 0) is 38.3 Å². The number of halogens is 6. The van der Waals surface area contributed by atoms with Crippen molar-refractivity contribution in [1.82, 2.24) is 10.1 Å². The molecule has 3 heterocycles. The zero-order valence-corrected chi connectivity index (χ0v) is 19.6. The molecule has 0 saturated carbocycles. The lowest BCUT2D eigenvalue weighted by Gasteiger charge is -2.18. The SMILES string of the molecule is O=C1c2cc(CN3CCCC3)cc(C(F)(F)F)c2CN1c1cccc(CCc2nocc2C(F)(F)F)c1. The summed E-state index contributed by atoms with van der Waals surface area (Å²) in [4.78, 5) is 16.6. The van der Waals surface area contributed by atoms with E-state index in [0.29, 0.717) is 29.6 Å². The van der Waals surface area contributed by atoms with Crippen molar-refractivity contribution >= 4 is 11.6 Å². The molecule has 0 unspecified atom stereocenters. The molecule has 196 valence electrons. The van der Waals surface area contributed by atoms with Crippen molar-refractivity contribution in [2.24, 2.45) is 0 Å². The van der Waals surface area contributed by atoms with Crippen molar-refractivity contribution in [2.75, 3.05) is 18.0 Å². The second kappa shape index (κ2) is 9.51. The Kier molecular flexibility index (Phi) is 6.51. The maximum atomic E-state index is 14.0. The lowest BCUT2D eigenvalue weighted by Crippen LogP contribution is -2.23. The Bertz CT molecular complexity index is 1310. The number of rotatable bonds is 6. The van der Waals surface area contributed by atoms with Gasteiger partial charge in [-0.3, -0.25) is 9.69 Å². The van der Waals surface area contributed by atoms with E-state index < -0.39 is 29.4 Å². The maximum absolute atomic E-state index is 14.0. The molecule has 5 nitrogen and oxygen atoms in total. The molecule has 37 heavy (non-hydrogen) atoms. The van der Waals surface area contributed by atoms with Crippen LogP contribution in [0.3, 0.4) is 0 Å². The Morgan fingerprint density at radius 3 is 2.32 bits per heavy atom. The van der Waals surface area contributed by atoms with E-state index >= 15 is 0 Å². The molecule has 0 atom stereocenters. The second-order valence-electron chi connectivity index (χ2n) is 9.38. The standard InChI is InChI=1S/C26H23F6N3O2/c27-25(28,29)21-12-17(13-34-8-1-2-9-34)11-19-20(21)14-35(24(19)36)18-5-3-4-16(10-18)6-7-23-22(15-37-33-23)26(30,31)32/h3-5,10-12,15H,1-2,6-9,13-14H2. The van der Waals surface area contributed by atoms with Crippen LogP contribution in [0, 0.1) is 0 Å². The molecule has 1 amide bonds. The molecular weight excluding hydrogens is 500 g/mol. The molecule has 0 bridgehead atoms. The maximum Gasteiger partial charge on any atom is 0.421 e. The zero-order valence-electron chi connectivity index (χ0n) is 19.6.